The Morgan fingerprint density at radius 2 is 2.00 bits per heavy atom. The van der Waals surface area contributed by atoms with Gasteiger partial charge in [-0.05, 0) is 31.0 Å². The summed E-state index contributed by atoms with van der Waals surface area (Å²) < 4.78 is 12.8. The minimum atomic E-state index is -0.0245. The summed E-state index contributed by atoms with van der Waals surface area (Å²) in [5, 5.41) is 10.8. The number of thioether (sulfide) groups is 1. The zero-order valence-corrected chi connectivity index (χ0v) is 18.1. The Labute approximate surface area is 183 Å². The third kappa shape index (κ3) is 3.67. The fourth-order valence-electron chi connectivity index (χ4n) is 3.71. The highest BCUT2D eigenvalue weighted by Crippen LogP contribution is 2.42. The van der Waals surface area contributed by atoms with E-state index in [1.54, 1.807) is 32.4 Å². The van der Waals surface area contributed by atoms with Crippen LogP contribution >= 0.6 is 11.8 Å². The predicted molar refractivity (Wildman–Crippen MR) is 120 cm³/mol. The number of ketones is 1. The van der Waals surface area contributed by atoms with Gasteiger partial charge in [0.15, 0.2) is 16.8 Å². The highest BCUT2D eigenvalue weighted by molar-refractivity contribution is 7.99. The van der Waals surface area contributed by atoms with Crippen molar-refractivity contribution < 1.29 is 14.3 Å². The van der Waals surface area contributed by atoms with Gasteiger partial charge in [0.25, 0.3) is 0 Å². The molecule has 158 valence electrons. The molecule has 7 nitrogen and oxygen atoms in total. The average Bonchev–Trinajstić information content (AvgIpc) is 3.42. The summed E-state index contributed by atoms with van der Waals surface area (Å²) in [6, 6.07) is 13.8. The van der Waals surface area contributed by atoms with Gasteiger partial charge < -0.3 is 14.5 Å². The Hall–Kier alpha value is -3.26. The zero-order valence-electron chi connectivity index (χ0n) is 17.3. The van der Waals surface area contributed by atoms with Gasteiger partial charge in [-0.1, -0.05) is 30.0 Å². The largest absolute Gasteiger partial charge is 0.497 e. The molecule has 2 heterocycles. The molecule has 2 aromatic heterocycles. The van der Waals surface area contributed by atoms with Crippen molar-refractivity contribution in [3.8, 4) is 22.9 Å². The second-order valence-corrected chi connectivity index (χ2v) is 8.38. The van der Waals surface area contributed by atoms with Gasteiger partial charge in [-0.2, -0.15) is 0 Å². The molecule has 0 bridgehead atoms. The van der Waals surface area contributed by atoms with Crippen molar-refractivity contribution in [3.63, 3.8) is 0 Å². The third-order valence-corrected chi connectivity index (χ3v) is 6.39. The van der Waals surface area contributed by atoms with E-state index in [0.29, 0.717) is 23.1 Å². The van der Waals surface area contributed by atoms with Gasteiger partial charge in [-0.3, -0.25) is 9.36 Å². The standard InChI is InChI=1S/C23H22N4O3S/c1-29-15-9-10-17(21(11-15)30-2)20(28)13-31-23-26-25-22(27(23)14-7-8-14)18-12-24-19-6-4-3-5-16(18)19/h3-6,9-12,14,24H,7-8,13H2,1-2H3. The van der Waals surface area contributed by atoms with Gasteiger partial charge in [0, 0.05) is 34.8 Å². The molecule has 1 N–H and O–H groups in total. The highest BCUT2D eigenvalue weighted by Gasteiger charge is 2.31. The fraction of sp³-hybridized carbons (Fsp3) is 0.261. The summed E-state index contributed by atoms with van der Waals surface area (Å²) in [5.74, 6) is 2.23. The van der Waals surface area contributed by atoms with Gasteiger partial charge in [-0.15, -0.1) is 10.2 Å². The van der Waals surface area contributed by atoms with Crippen molar-refractivity contribution in [2.75, 3.05) is 20.0 Å². The Bertz CT molecular complexity index is 1260. The van der Waals surface area contributed by atoms with E-state index in [1.165, 1.54) is 11.8 Å². The molecule has 0 atom stereocenters. The van der Waals surface area contributed by atoms with Crippen molar-refractivity contribution in [2.45, 2.75) is 24.0 Å². The van der Waals surface area contributed by atoms with E-state index in [2.05, 4.69) is 25.8 Å². The van der Waals surface area contributed by atoms with Crippen LogP contribution in [0.5, 0.6) is 11.5 Å². The Morgan fingerprint density at radius 3 is 2.77 bits per heavy atom. The van der Waals surface area contributed by atoms with Crippen LogP contribution in [-0.4, -0.2) is 45.5 Å². The van der Waals surface area contributed by atoms with E-state index in [1.807, 2.05) is 24.4 Å². The summed E-state index contributed by atoms with van der Waals surface area (Å²) in [4.78, 5) is 16.2. The van der Waals surface area contributed by atoms with Crippen molar-refractivity contribution in [1.82, 2.24) is 19.7 Å². The molecule has 1 fully saturated rings. The van der Waals surface area contributed by atoms with Crippen molar-refractivity contribution in [2.24, 2.45) is 0 Å². The molecule has 31 heavy (non-hydrogen) atoms. The van der Waals surface area contributed by atoms with Gasteiger partial charge in [0.05, 0.1) is 25.5 Å². The van der Waals surface area contributed by atoms with Crippen LogP contribution in [0.15, 0.2) is 53.8 Å². The number of carbonyl (C=O) groups excluding carboxylic acids is 1. The molecule has 0 spiro atoms. The van der Waals surface area contributed by atoms with Gasteiger partial charge in [0.1, 0.15) is 11.5 Å². The Balaban J connectivity index is 1.41. The van der Waals surface area contributed by atoms with Crippen LogP contribution in [0.1, 0.15) is 29.2 Å². The lowest BCUT2D eigenvalue weighted by Crippen LogP contribution is -2.07. The molecule has 1 saturated carbocycles. The quantitative estimate of drug-likeness (QED) is 0.318. The third-order valence-electron chi connectivity index (χ3n) is 5.45. The van der Waals surface area contributed by atoms with E-state index in [-0.39, 0.29) is 11.5 Å². The minimum absolute atomic E-state index is 0.0245. The smallest absolute Gasteiger partial charge is 0.192 e. The normalized spacial score (nSPS) is 13.5. The maximum atomic E-state index is 12.9. The first-order valence-corrected chi connectivity index (χ1v) is 11.1. The minimum Gasteiger partial charge on any atom is -0.497 e. The fourth-order valence-corrected chi connectivity index (χ4v) is 4.60. The number of para-hydroxylation sites is 1. The van der Waals surface area contributed by atoms with Crippen LogP contribution in [0.3, 0.4) is 0 Å². The number of fused-ring (bicyclic) bond motifs is 1. The number of nitrogens with zero attached hydrogens (tertiary/aromatic N) is 3. The molecule has 2 aromatic carbocycles. The number of ether oxygens (including phenoxy) is 2. The molecule has 4 aromatic rings. The van der Waals surface area contributed by atoms with E-state index in [0.717, 1.165) is 40.3 Å². The topological polar surface area (TPSA) is 82.0 Å². The molecule has 8 heteroatoms. The highest BCUT2D eigenvalue weighted by atomic mass is 32.2. The number of methoxy groups -OCH3 is 2. The van der Waals surface area contributed by atoms with E-state index >= 15 is 0 Å². The molecular weight excluding hydrogens is 412 g/mol. The number of H-pyrrole nitrogens is 1. The molecule has 5 rings (SSSR count). The SMILES string of the molecule is COc1ccc(C(=O)CSc2nnc(-c3c[nH]c4ccccc34)n2C2CC2)c(OC)c1. The van der Waals surface area contributed by atoms with Crippen molar-refractivity contribution in [3.05, 3.63) is 54.2 Å². The molecule has 1 aliphatic carbocycles. The number of nitrogens with one attached hydrogen (secondary N) is 1. The summed E-state index contributed by atoms with van der Waals surface area (Å²) in [7, 11) is 3.14. The molecule has 0 radical (unpaired) electrons. The number of Topliss-reactive ketones (excluding diaryl/α,β-unsaturated/α-hetero) is 1. The van der Waals surface area contributed by atoms with Crippen LogP contribution in [0.25, 0.3) is 22.3 Å². The second-order valence-electron chi connectivity index (χ2n) is 7.43. The lowest BCUT2D eigenvalue weighted by atomic mass is 10.1. The Morgan fingerprint density at radius 1 is 1.16 bits per heavy atom. The number of carbonyl (C=O) groups is 1. The zero-order chi connectivity index (χ0) is 21.4. The van der Waals surface area contributed by atoms with Crippen LogP contribution in [0.4, 0.5) is 0 Å². The summed E-state index contributed by atoms with van der Waals surface area (Å²) in [6.07, 6.45) is 4.18. The van der Waals surface area contributed by atoms with Crippen LogP contribution in [0, 0.1) is 0 Å². The molecular formula is C23H22N4O3S. The second kappa shape index (κ2) is 8.11. The first kappa shape index (κ1) is 19.7. The van der Waals surface area contributed by atoms with E-state index in [4.69, 9.17) is 9.47 Å². The maximum Gasteiger partial charge on any atom is 0.192 e. The van der Waals surface area contributed by atoms with Crippen LogP contribution in [-0.2, 0) is 0 Å². The maximum absolute atomic E-state index is 12.9. The van der Waals surface area contributed by atoms with E-state index < -0.39 is 0 Å². The Kier molecular flexibility index (Phi) is 5.15. The number of aromatic nitrogens is 4. The molecule has 0 amide bonds. The number of hydrogen-bond acceptors (Lipinski definition) is 6. The predicted octanol–water partition coefficient (Wildman–Crippen LogP) is 4.75. The van der Waals surface area contributed by atoms with Gasteiger partial charge in [0.2, 0.25) is 0 Å². The first-order valence-electron chi connectivity index (χ1n) is 10.1. The summed E-state index contributed by atoms with van der Waals surface area (Å²) in [6.45, 7) is 0. The van der Waals surface area contributed by atoms with Crippen LogP contribution in [0.2, 0.25) is 0 Å². The molecule has 0 saturated heterocycles. The average molecular weight is 435 g/mol. The van der Waals surface area contributed by atoms with Crippen molar-refractivity contribution in [1.29, 1.82) is 0 Å². The lowest BCUT2D eigenvalue weighted by molar-refractivity contribution is 0.101. The number of hydrogen-bond donors (Lipinski definition) is 1. The summed E-state index contributed by atoms with van der Waals surface area (Å²) >= 11 is 1.41. The summed E-state index contributed by atoms with van der Waals surface area (Å²) in [5.41, 5.74) is 2.63. The molecule has 0 aliphatic heterocycles. The lowest BCUT2D eigenvalue weighted by Gasteiger charge is -2.10. The monoisotopic (exact) mass is 434 g/mol. The van der Waals surface area contributed by atoms with Crippen LogP contribution < -0.4 is 9.47 Å². The van der Waals surface area contributed by atoms with Gasteiger partial charge in [-0.25, -0.2) is 0 Å². The number of rotatable bonds is 8. The van der Waals surface area contributed by atoms with Gasteiger partial charge >= 0.3 is 0 Å². The molecule has 1 aliphatic rings. The van der Waals surface area contributed by atoms with Crippen molar-refractivity contribution >= 4 is 28.4 Å². The molecule has 0 unspecified atom stereocenters. The first-order chi connectivity index (χ1) is 15.2. The number of aromatic amines is 1. The van der Waals surface area contributed by atoms with E-state index in [9.17, 15) is 4.79 Å². The number of benzene rings is 2.